The second-order valence-electron chi connectivity index (χ2n) is 6.50. The minimum absolute atomic E-state index is 0.105. The van der Waals surface area contributed by atoms with Gasteiger partial charge in [0.05, 0.1) is 12.7 Å². The Hall–Kier alpha value is -2.30. The number of amides is 1. The lowest BCUT2D eigenvalue weighted by Crippen LogP contribution is -2.42. The van der Waals surface area contributed by atoms with E-state index in [0.29, 0.717) is 34.1 Å². The van der Waals surface area contributed by atoms with Crippen molar-refractivity contribution < 1.29 is 13.9 Å². The zero-order valence-corrected chi connectivity index (χ0v) is 13.7. The van der Waals surface area contributed by atoms with Crippen molar-refractivity contribution in [2.24, 2.45) is 11.8 Å². The van der Waals surface area contributed by atoms with E-state index in [1.165, 1.54) is 6.07 Å². The van der Waals surface area contributed by atoms with Gasteiger partial charge in [-0.2, -0.15) is 0 Å². The molecule has 1 aliphatic heterocycles. The molecule has 0 radical (unpaired) electrons. The van der Waals surface area contributed by atoms with Crippen LogP contribution >= 0.6 is 0 Å². The maximum absolute atomic E-state index is 12.9. The summed E-state index contributed by atoms with van der Waals surface area (Å²) >= 11 is 0. The largest absolute Gasteiger partial charge is 0.497 e. The van der Waals surface area contributed by atoms with E-state index in [1.807, 2.05) is 4.90 Å². The van der Waals surface area contributed by atoms with Crippen LogP contribution in [-0.4, -0.2) is 31.0 Å². The quantitative estimate of drug-likeness (QED) is 0.800. The molecule has 1 saturated heterocycles. The molecule has 0 saturated carbocycles. The van der Waals surface area contributed by atoms with Crippen molar-refractivity contribution in [3.8, 4) is 5.75 Å². The molecule has 1 amide bonds. The zero-order chi connectivity index (χ0) is 16.6. The highest BCUT2D eigenvalue weighted by Gasteiger charge is 2.27. The van der Waals surface area contributed by atoms with Crippen LogP contribution < -0.4 is 10.4 Å². The average Bonchev–Trinajstić information content (AvgIpc) is 2.51. The van der Waals surface area contributed by atoms with E-state index in [-0.39, 0.29) is 5.91 Å². The lowest BCUT2D eigenvalue weighted by Gasteiger charge is -2.35. The van der Waals surface area contributed by atoms with Crippen LogP contribution in [-0.2, 0) is 0 Å². The summed E-state index contributed by atoms with van der Waals surface area (Å²) in [6.45, 7) is 5.75. The maximum Gasteiger partial charge on any atom is 0.337 e. The van der Waals surface area contributed by atoms with Gasteiger partial charge in [-0.05, 0) is 30.4 Å². The van der Waals surface area contributed by atoms with Gasteiger partial charge in [0.2, 0.25) is 0 Å². The van der Waals surface area contributed by atoms with Crippen molar-refractivity contribution in [2.75, 3.05) is 20.2 Å². The van der Waals surface area contributed by atoms with Gasteiger partial charge >= 0.3 is 5.63 Å². The Morgan fingerprint density at radius 2 is 1.91 bits per heavy atom. The van der Waals surface area contributed by atoms with E-state index in [1.54, 1.807) is 25.3 Å². The molecule has 1 aromatic carbocycles. The first-order valence-corrected chi connectivity index (χ1v) is 7.89. The predicted octanol–water partition coefficient (Wildman–Crippen LogP) is 2.92. The number of methoxy groups -OCH3 is 1. The minimum Gasteiger partial charge on any atom is -0.497 e. The van der Waals surface area contributed by atoms with Gasteiger partial charge < -0.3 is 14.1 Å². The first kappa shape index (κ1) is 15.6. The molecule has 1 aliphatic rings. The molecule has 2 aromatic rings. The molecule has 0 spiro atoms. The number of likely N-dealkylation sites (tertiary alicyclic amines) is 1. The number of carbonyl (C=O) groups excluding carboxylic acids is 1. The second kappa shape index (κ2) is 6.07. The molecule has 0 N–H and O–H groups in total. The van der Waals surface area contributed by atoms with Crippen LogP contribution in [0.3, 0.4) is 0 Å². The summed E-state index contributed by atoms with van der Waals surface area (Å²) in [5.74, 6) is 1.42. The van der Waals surface area contributed by atoms with Crippen molar-refractivity contribution in [1.82, 2.24) is 4.90 Å². The zero-order valence-electron chi connectivity index (χ0n) is 13.7. The Labute approximate surface area is 134 Å². The summed E-state index contributed by atoms with van der Waals surface area (Å²) in [6.07, 6.45) is 1.12. The molecule has 23 heavy (non-hydrogen) atoms. The highest BCUT2D eigenvalue weighted by molar-refractivity contribution is 6.05. The predicted molar refractivity (Wildman–Crippen MR) is 87.9 cm³/mol. The van der Waals surface area contributed by atoms with E-state index in [2.05, 4.69) is 13.8 Å². The highest BCUT2D eigenvalue weighted by atomic mass is 16.5. The first-order chi connectivity index (χ1) is 11.0. The van der Waals surface area contributed by atoms with Gasteiger partial charge in [0, 0.05) is 30.6 Å². The number of piperidine rings is 1. The SMILES string of the molecule is COc1ccc2c(C(=O)N3CC(C)CC(C)C3)cc(=O)oc2c1. The average molecular weight is 315 g/mol. The molecule has 1 aromatic heterocycles. The number of nitrogens with zero attached hydrogens (tertiary/aromatic N) is 1. The molecule has 0 bridgehead atoms. The van der Waals surface area contributed by atoms with E-state index in [0.717, 1.165) is 19.5 Å². The molecule has 2 heterocycles. The Bertz CT molecular complexity index is 785. The Morgan fingerprint density at radius 3 is 2.57 bits per heavy atom. The molecule has 122 valence electrons. The molecule has 2 unspecified atom stereocenters. The Morgan fingerprint density at radius 1 is 1.22 bits per heavy atom. The van der Waals surface area contributed by atoms with Crippen LogP contribution in [0.1, 0.15) is 30.6 Å². The van der Waals surface area contributed by atoms with Gasteiger partial charge in [-0.15, -0.1) is 0 Å². The third-order valence-corrected chi connectivity index (χ3v) is 4.34. The lowest BCUT2D eigenvalue weighted by atomic mass is 9.91. The summed E-state index contributed by atoms with van der Waals surface area (Å²) in [5.41, 5.74) is 0.255. The van der Waals surface area contributed by atoms with Gasteiger partial charge in [0.1, 0.15) is 11.3 Å². The molecule has 5 nitrogen and oxygen atoms in total. The molecule has 2 atom stereocenters. The number of carbonyl (C=O) groups is 1. The van der Waals surface area contributed by atoms with Crippen LogP contribution in [0.25, 0.3) is 11.0 Å². The molecular weight excluding hydrogens is 294 g/mol. The van der Waals surface area contributed by atoms with Crippen molar-refractivity contribution in [1.29, 1.82) is 0 Å². The third kappa shape index (κ3) is 3.09. The number of hydrogen-bond donors (Lipinski definition) is 0. The fourth-order valence-corrected chi connectivity index (χ4v) is 3.45. The number of fused-ring (bicyclic) bond motifs is 1. The van der Waals surface area contributed by atoms with Gasteiger partial charge in [-0.1, -0.05) is 13.8 Å². The highest BCUT2D eigenvalue weighted by Crippen LogP contribution is 2.26. The Kier molecular flexibility index (Phi) is 4.11. The summed E-state index contributed by atoms with van der Waals surface area (Å²) in [4.78, 5) is 26.6. The van der Waals surface area contributed by atoms with Crippen LogP contribution in [0.2, 0.25) is 0 Å². The monoisotopic (exact) mass is 315 g/mol. The summed E-state index contributed by atoms with van der Waals surface area (Å²) in [6, 6.07) is 6.46. The third-order valence-electron chi connectivity index (χ3n) is 4.34. The normalized spacial score (nSPS) is 21.4. The van der Waals surface area contributed by atoms with E-state index in [9.17, 15) is 9.59 Å². The summed E-state index contributed by atoms with van der Waals surface area (Å²) in [7, 11) is 1.55. The van der Waals surface area contributed by atoms with Gasteiger partial charge in [-0.3, -0.25) is 4.79 Å². The minimum atomic E-state index is -0.521. The van der Waals surface area contributed by atoms with Gasteiger partial charge in [0.25, 0.3) is 5.91 Å². The lowest BCUT2D eigenvalue weighted by molar-refractivity contribution is 0.0624. The molecule has 3 rings (SSSR count). The molecule has 0 aliphatic carbocycles. The molecular formula is C18H21NO4. The van der Waals surface area contributed by atoms with E-state index < -0.39 is 5.63 Å². The van der Waals surface area contributed by atoms with Gasteiger partial charge in [0.15, 0.2) is 0 Å². The van der Waals surface area contributed by atoms with Crippen molar-refractivity contribution >= 4 is 16.9 Å². The standard InChI is InChI=1S/C18H21NO4/c1-11-6-12(2)10-19(9-11)18(21)15-8-17(20)23-16-7-13(22-3)4-5-14(15)16/h4-5,7-8,11-12H,6,9-10H2,1-3H3. The smallest absolute Gasteiger partial charge is 0.337 e. The van der Waals surface area contributed by atoms with Crippen molar-refractivity contribution in [3.63, 3.8) is 0 Å². The van der Waals surface area contributed by atoms with E-state index >= 15 is 0 Å². The summed E-state index contributed by atoms with van der Waals surface area (Å²) in [5, 5.41) is 0.640. The maximum atomic E-state index is 12.9. The number of benzene rings is 1. The van der Waals surface area contributed by atoms with Gasteiger partial charge in [-0.25, -0.2) is 4.79 Å². The summed E-state index contributed by atoms with van der Waals surface area (Å²) < 4.78 is 10.4. The fourth-order valence-electron chi connectivity index (χ4n) is 3.45. The topological polar surface area (TPSA) is 59.8 Å². The van der Waals surface area contributed by atoms with E-state index in [4.69, 9.17) is 9.15 Å². The number of ether oxygens (including phenoxy) is 1. The van der Waals surface area contributed by atoms with Crippen molar-refractivity contribution in [3.05, 3.63) is 40.2 Å². The number of rotatable bonds is 2. The van der Waals surface area contributed by atoms with Crippen LogP contribution in [0.4, 0.5) is 0 Å². The number of hydrogen-bond acceptors (Lipinski definition) is 4. The molecule has 5 heteroatoms. The second-order valence-corrected chi connectivity index (χ2v) is 6.50. The van der Waals surface area contributed by atoms with Crippen molar-refractivity contribution in [2.45, 2.75) is 20.3 Å². The van der Waals surface area contributed by atoms with Crippen LogP contribution in [0.5, 0.6) is 5.75 Å². The first-order valence-electron chi connectivity index (χ1n) is 7.89. The van der Waals surface area contributed by atoms with Crippen LogP contribution in [0, 0.1) is 11.8 Å². The fraction of sp³-hybridized carbons (Fsp3) is 0.444. The Balaban J connectivity index is 2.04. The molecule has 1 fully saturated rings. The van der Waals surface area contributed by atoms with Crippen LogP contribution in [0.15, 0.2) is 33.5 Å².